The molecule has 3 aliphatic heterocycles. The van der Waals surface area contributed by atoms with E-state index in [0.717, 1.165) is 16.5 Å². The molecule has 2 aromatic carbocycles. The highest BCUT2D eigenvalue weighted by Gasteiger charge is 2.73. The zero-order valence-electron chi connectivity index (χ0n) is 17.1. The van der Waals surface area contributed by atoms with Gasteiger partial charge in [0.05, 0.1) is 45.9 Å². The second-order valence-electron chi connectivity index (χ2n) is 8.95. The molecule has 164 valence electrons. The molecule has 0 saturated carbocycles. The summed E-state index contributed by atoms with van der Waals surface area (Å²) in [4.78, 5) is 27.8. The lowest BCUT2D eigenvalue weighted by Gasteiger charge is -2.31. The minimum absolute atomic E-state index is 0.168. The molecule has 4 atom stereocenters. The first-order chi connectivity index (χ1) is 15.1. The molecule has 5 rings (SSSR count). The van der Waals surface area contributed by atoms with E-state index in [1.807, 2.05) is 30.3 Å². The molecule has 3 aliphatic rings. The molecule has 0 unspecified atom stereocenters. The van der Waals surface area contributed by atoms with Gasteiger partial charge < -0.3 is 4.74 Å². The number of halogens is 3. The second kappa shape index (κ2) is 6.66. The van der Waals surface area contributed by atoms with Gasteiger partial charge in [-0.3, -0.25) is 9.59 Å². The third kappa shape index (κ3) is 2.81. The fraction of sp³-hybridized carbons (Fsp3) is 0.375. The van der Waals surface area contributed by atoms with Crippen LogP contribution in [0.2, 0.25) is 0 Å². The molecular weight excluding hydrogens is 421 g/mol. The highest BCUT2D eigenvalue weighted by molar-refractivity contribution is 6.23. The van der Waals surface area contributed by atoms with Crippen molar-refractivity contribution >= 4 is 17.5 Å². The summed E-state index contributed by atoms with van der Waals surface area (Å²) in [6.07, 6.45) is -3.16. The number of carbonyl (C=O) groups excluding carboxylic acids is 2. The molecule has 2 aromatic rings. The predicted octanol–water partition coefficient (Wildman–Crippen LogP) is 4.25. The number of amides is 2. The van der Waals surface area contributed by atoms with Crippen molar-refractivity contribution in [3.8, 4) is 6.07 Å². The van der Waals surface area contributed by atoms with Gasteiger partial charge in [-0.15, -0.1) is 0 Å². The van der Waals surface area contributed by atoms with E-state index in [2.05, 4.69) is 0 Å². The molecular formula is C24H19F3N2O3. The number of benzene rings is 2. The van der Waals surface area contributed by atoms with Crippen molar-refractivity contribution < 1.29 is 27.5 Å². The third-order valence-corrected chi connectivity index (χ3v) is 7.05. The molecule has 0 spiro atoms. The molecule has 5 nitrogen and oxygen atoms in total. The minimum atomic E-state index is -4.79. The van der Waals surface area contributed by atoms with Crippen molar-refractivity contribution in [1.29, 1.82) is 5.26 Å². The summed E-state index contributed by atoms with van der Waals surface area (Å²) in [5.41, 5.74) is -2.65. The number of imide groups is 1. The van der Waals surface area contributed by atoms with Crippen LogP contribution in [0.25, 0.3) is 0 Å². The van der Waals surface area contributed by atoms with Gasteiger partial charge in [-0.2, -0.15) is 18.4 Å². The van der Waals surface area contributed by atoms with Crippen LogP contribution in [0.4, 0.5) is 18.9 Å². The van der Waals surface area contributed by atoms with Crippen LogP contribution in [-0.4, -0.2) is 23.0 Å². The zero-order valence-corrected chi connectivity index (χ0v) is 17.1. The van der Waals surface area contributed by atoms with Crippen LogP contribution in [0.15, 0.2) is 48.5 Å². The van der Waals surface area contributed by atoms with Crippen molar-refractivity contribution in [2.24, 2.45) is 11.8 Å². The number of ether oxygens (including phenoxy) is 1. The zero-order chi connectivity index (χ0) is 22.9. The van der Waals surface area contributed by atoms with Crippen LogP contribution >= 0.6 is 0 Å². The first-order valence-electron chi connectivity index (χ1n) is 10.3. The van der Waals surface area contributed by atoms with Crippen LogP contribution in [0.3, 0.4) is 0 Å². The Morgan fingerprint density at radius 3 is 2.44 bits per heavy atom. The van der Waals surface area contributed by atoms with Gasteiger partial charge in [-0.25, -0.2) is 4.90 Å². The number of anilines is 1. The van der Waals surface area contributed by atoms with E-state index in [1.165, 1.54) is 12.1 Å². The Hall–Kier alpha value is -3.18. The van der Waals surface area contributed by atoms with E-state index in [9.17, 15) is 22.8 Å². The van der Waals surface area contributed by atoms with Crippen LogP contribution in [0.1, 0.15) is 36.5 Å². The van der Waals surface area contributed by atoms with Crippen molar-refractivity contribution in [3.05, 3.63) is 65.2 Å². The van der Waals surface area contributed by atoms with E-state index in [4.69, 9.17) is 10.00 Å². The van der Waals surface area contributed by atoms with Gasteiger partial charge in [0.25, 0.3) is 0 Å². The molecule has 0 N–H and O–H groups in total. The maximum Gasteiger partial charge on any atom is 0.417 e. The number of fused-ring (bicyclic) bond motifs is 5. The maximum absolute atomic E-state index is 13.5. The first-order valence-corrected chi connectivity index (χ1v) is 10.3. The lowest BCUT2D eigenvalue weighted by Crippen LogP contribution is -2.43. The number of carbonyl (C=O) groups is 2. The topological polar surface area (TPSA) is 70.4 Å². The van der Waals surface area contributed by atoms with Crippen LogP contribution in [-0.2, 0) is 26.9 Å². The molecule has 8 heteroatoms. The smallest absolute Gasteiger partial charge is 0.367 e. The molecule has 2 bridgehead atoms. The van der Waals surface area contributed by atoms with Crippen molar-refractivity contribution in [2.75, 3.05) is 4.90 Å². The largest absolute Gasteiger partial charge is 0.417 e. The van der Waals surface area contributed by atoms with E-state index in [-0.39, 0.29) is 5.69 Å². The van der Waals surface area contributed by atoms with Crippen molar-refractivity contribution in [1.82, 2.24) is 0 Å². The molecule has 3 saturated heterocycles. The van der Waals surface area contributed by atoms with Crippen molar-refractivity contribution in [2.45, 2.75) is 43.6 Å². The quantitative estimate of drug-likeness (QED) is 0.670. The summed E-state index contributed by atoms with van der Waals surface area (Å²) < 4.78 is 46.8. The first kappa shape index (κ1) is 20.7. The summed E-state index contributed by atoms with van der Waals surface area (Å²) in [6.45, 7) is 1.80. The average Bonchev–Trinajstić information content (AvgIpc) is 3.32. The third-order valence-electron chi connectivity index (χ3n) is 7.05. The van der Waals surface area contributed by atoms with Gasteiger partial charge in [-0.1, -0.05) is 30.3 Å². The Morgan fingerprint density at radius 1 is 1.09 bits per heavy atom. The Morgan fingerprint density at radius 2 is 1.78 bits per heavy atom. The summed E-state index contributed by atoms with van der Waals surface area (Å²) in [5.74, 6) is -2.61. The number of hydrogen-bond acceptors (Lipinski definition) is 4. The number of hydrogen-bond donors (Lipinski definition) is 0. The summed E-state index contributed by atoms with van der Waals surface area (Å²) >= 11 is 0. The van der Waals surface area contributed by atoms with Gasteiger partial charge in [-0.05, 0) is 43.5 Å². The highest BCUT2D eigenvalue weighted by atomic mass is 19.4. The number of rotatable bonds is 3. The van der Waals surface area contributed by atoms with Crippen LogP contribution in [0.5, 0.6) is 0 Å². The minimum Gasteiger partial charge on any atom is -0.367 e. The van der Waals surface area contributed by atoms with E-state index < -0.39 is 52.2 Å². The molecule has 0 aliphatic carbocycles. The molecule has 32 heavy (non-hydrogen) atoms. The summed E-state index contributed by atoms with van der Waals surface area (Å²) in [7, 11) is 0. The Bertz CT molecular complexity index is 1170. The molecule has 2 amide bonds. The standard InChI is InChI=1S/C24H19F3N2O3/c1-22-9-10-23(32-22,12-14-5-3-2-4-6-14)19-18(22)20(30)29(21(19)31)16-8-7-15(13-28)17(11-16)24(25,26)27/h2-8,11,18-19H,9-10,12H2,1H3/t18-,19+,22+,23+/m0/s1. The summed E-state index contributed by atoms with van der Waals surface area (Å²) in [5, 5.41) is 9.04. The number of nitriles is 1. The highest BCUT2D eigenvalue weighted by Crippen LogP contribution is 2.62. The van der Waals surface area contributed by atoms with Gasteiger partial charge in [0.15, 0.2) is 0 Å². The Balaban J connectivity index is 1.56. The monoisotopic (exact) mass is 440 g/mol. The average molecular weight is 440 g/mol. The van der Waals surface area contributed by atoms with E-state index in [0.29, 0.717) is 25.3 Å². The Labute approximate surface area is 182 Å². The van der Waals surface area contributed by atoms with Crippen molar-refractivity contribution in [3.63, 3.8) is 0 Å². The number of nitrogens with zero attached hydrogens (tertiary/aromatic N) is 2. The van der Waals surface area contributed by atoms with E-state index in [1.54, 1.807) is 6.92 Å². The Kier molecular flexibility index (Phi) is 4.31. The molecule has 0 radical (unpaired) electrons. The fourth-order valence-electron chi connectivity index (χ4n) is 5.71. The normalized spacial score (nSPS) is 31.2. The lowest BCUT2D eigenvalue weighted by molar-refractivity contribution is -0.138. The lowest BCUT2D eigenvalue weighted by atomic mass is 9.66. The maximum atomic E-state index is 13.5. The van der Waals surface area contributed by atoms with E-state index >= 15 is 0 Å². The van der Waals surface area contributed by atoms with Gasteiger partial charge in [0, 0.05) is 6.42 Å². The summed E-state index contributed by atoms with van der Waals surface area (Å²) in [6, 6.07) is 14.0. The second-order valence-corrected chi connectivity index (χ2v) is 8.95. The SMILES string of the molecule is C[C@]12CC[C@](Cc3ccccc3)(O1)[C@H]1C(=O)N(c3ccc(C#N)c(C(F)(F)F)c3)C(=O)[C@H]12. The fourth-order valence-corrected chi connectivity index (χ4v) is 5.71. The molecule has 0 aromatic heterocycles. The molecule has 3 fully saturated rings. The number of alkyl halides is 3. The van der Waals surface area contributed by atoms with Crippen LogP contribution < -0.4 is 4.90 Å². The van der Waals surface area contributed by atoms with Gasteiger partial charge in [0.1, 0.15) is 0 Å². The van der Waals surface area contributed by atoms with Gasteiger partial charge >= 0.3 is 6.18 Å². The predicted molar refractivity (Wildman–Crippen MR) is 107 cm³/mol. The van der Waals surface area contributed by atoms with Gasteiger partial charge in [0.2, 0.25) is 11.8 Å². The molecule has 3 heterocycles. The van der Waals surface area contributed by atoms with Crippen LogP contribution in [0, 0.1) is 23.2 Å².